The number of aromatic nitrogens is 2. The van der Waals surface area contributed by atoms with E-state index in [9.17, 15) is 0 Å². The number of aryl methyl sites for hydroxylation is 2. The van der Waals surface area contributed by atoms with E-state index < -0.39 is 0 Å². The molecule has 1 heterocycles. The third kappa shape index (κ3) is 2.74. The summed E-state index contributed by atoms with van der Waals surface area (Å²) < 4.78 is 2.28. The lowest BCUT2D eigenvalue weighted by Gasteiger charge is -2.06. The van der Waals surface area contributed by atoms with Gasteiger partial charge in [0.15, 0.2) is 11.4 Å². The first-order valence-corrected chi connectivity index (χ1v) is 8.96. The summed E-state index contributed by atoms with van der Waals surface area (Å²) in [6.07, 6.45) is 0. The first-order valence-electron chi connectivity index (χ1n) is 8.96. The van der Waals surface area contributed by atoms with E-state index in [0.717, 1.165) is 11.5 Å². The zero-order chi connectivity index (χ0) is 18.1. The molecule has 3 aromatic carbocycles. The number of rotatable bonds is 3. The van der Waals surface area contributed by atoms with Crippen LogP contribution in [0.5, 0.6) is 0 Å². The zero-order valence-electron chi connectivity index (χ0n) is 15.5. The SMILES string of the molecule is Cc1cccc(C)c1-c1[nH]c(-c2ccccc2)c(-c2ccccc2)[n+]1C. The highest BCUT2D eigenvalue weighted by Gasteiger charge is 2.27. The normalized spacial score (nSPS) is 10.9. The van der Waals surface area contributed by atoms with Crippen molar-refractivity contribution in [3.8, 4) is 33.9 Å². The van der Waals surface area contributed by atoms with E-state index in [4.69, 9.17) is 0 Å². The Morgan fingerprint density at radius 1 is 0.654 bits per heavy atom. The van der Waals surface area contributed by atoms with Gasteiger partial charge < -0.3 is 0 Å². The van der Waals surface area contributed by atoms with Crippen LogP contribution in [0.25, 0.3) is 33.9 Å². The van der Waals surface area contributed by atoms with E-state index in [1.807, 2.05) is 0 Å². The van der Waals surface area contributed by atoms with Crippen LogP contribution < -0.4 is 4.57 Å². The van der Waals surface area contributed by atoms with Crippen molar-refractivity contribution in [1.82, 2.24) is 4.98 Å². The fraction of sp³-hybridized carbons (Fsp3) is 0.125. The Morgan fingerprint density at radius 3 is 1.77 bits per heavy atom. The van der Waals surface area contributed by atoms with Gasteiger partial charge in [-0.05, 0) is 25.0 Å². The predicted molar refractivity (Wildman–Crippen MR) is 108 cm³/mol. The number of aromatic amines is 1. The van der Waals surface area contributed by atoms with Crippen molar-refractivity contribution < 1.29 is 4.57 Å². The molecule has 0 fully saturated rings. The Kier molecular flexibility index (Phi) is 4.18. The van der Waals surface area contributed by atoms with Crippen LogP contribution in [0.2, 0.25) is 0 Å². The van der Waals surface area contributed by atoms with Crippen molar-refractivity contribution in [1.29, 1.82) is 0 Å². The lowest BCUT2D eigenvalue weighted by molar-refractivity contribution is -0.647. The lowest BCUT2D eigenvalue weighted by atomic mass is 10.0. The summed E-state index contributed by atoms with van der Waals surface area (Å²) in [6, 6.07) is 27.6. The molecule has 26 heavy (non-hydrogen) atoms. The second kappa shape index (κ2) is 6.64. The van der Waals surface area contributed by atoms with Crippen LogP contribution in [0.4, 0.5) is 0 Å². The van der Waals surface area contributed by atoms with Gasteiger partial charge in [0.2, 0.25) is 0 Å². The molecule has 2 heteroatoms. The zero-order valence-corrected chi connectivity index (χ0v) is 15.5. The van der Waals surface area contributed by atoms with Crippen LogP contribution >= 0.6 is 0 Å². The maximum atomic E-state index is 3.73. The molecular formula is C24H23N2+. The van der Waals surface area contributed by atoms with Gasteiger partial charge in [0, 0.05) is 11.1 Å². The Morgan fingerprint density at radius 2 is 1.19 bits per heavy atom. The minimum Gasteiger partial charge on any atom is -0.236 e. The largest absolute Gasteiger partial charge is 0.287 e. The average Bonchev–Trinajstić information content (AvgIpc) is 3.00. The van der Waals surface area contributed by atoms with Gasteiger partial charge in [0.05, 0.1) is 12.6 Å². The second-order valence-corrected chi connectivity index (χ2v) is 6.76. The van der Waals surface area contributed by atoms with E-state index in [1.54, 1.807) is 0 Å². The number of hydrogen-bond acceptors (Lipinski definition) is 0. The van der Waals surface area contributed by atoms with E-state index in [0.29, 0.717) is 0 Å². The van der Waals surface area contributed by atoms with E-state index in [-0.39, 0.29) is 0 Å². The van der Waals surface area contributed by atoms with Crippen LogP contribution in [0.1, 0.15) is 11.1 Å². The van der Waals surface area contributed by atoms with Gasteiger partial charge in [-0.3, -0.25) is 0 Å². The summed E-state index contributed by atoms with van der Waals surface area (Å²) >= 11 is 0. The van der Waals surface area contributed by atoms with Crippen LogP contribution in [-0.4, -0.2) is 4.98 Å². The van der Waals surface area contributed by atoms with Gasteiger partial charge >= 0.3 is 0 Å². The van der Waals surface area contributed by atoms with Crippen molar-refractivity contribution in [2.75, 3.05) is 0 Å². The maximum Gasteiger partial charge on any atom is 0.287 e. The molecule has 0 atom stereocenters. The molecule has 0 bridgehead atoms. The molecule has 0 radical (unpaired) electrons. The van der Waals surface area contributed by atoms with E-state index in [1.165, 1.54) is 33.5 Å². The van der Waals surface area contributed by atoms with Gasteiger partial charge in [-0.1, -0.05) is 78.9 Å². The number of nitrogens with one attached hydrogen (secondary N) is 1. The third-order valence-electron chi connectivity index (χ3n) is 4.98. The van der Waals surface area contributed by atoms with Crippen molar-refractivity contribution in [3.63, 3.8) is 0 Å². The fourth-order valence-corrected chi connectivity index (χ4v) is 3.71. The molecule has 1 aromatic heterocycles. The fourth-order valence-electron chi connectivity index (χ4n) is 3.71. The highest BCUT2D eigenvalue weighted by Crippen LogP contribution is 2.33. The molecule has 4 aromatic rings. The Bertz CT molecular complexity index is 1020. The summed E-state index contributed by atoms with van der Waals surface area (Å²) in [7, 11) is 2.15. The third-order valence-corrected chi connectivity index (χ3v) is 4.98. The molecule has 1 N–H and O–H groups in total. The molecule has 0 aliphatic rings. The standard InChI is InChI=1S/C24H22N2/c1-17-11-10-12-18(2)21(17)24-25-22(19-13-6-4-7-14-19)23(26(24)3)20-15-8-5-9-16-20/h4-16H,1-3H3/p+1. The van der Waals surface area contributed by atoms with Gasteiger partial charge in [0.1, 0.15) is 0 Å². The predicted octanol–water partition coefficient (Wildman–Crippen LogP) is 5.46. The summed E-state index contributed by atoms with van der Waals surface area (Å²) in [5.74, 6) is 1.14. The first kappa shape index (κ1) is 16.3. The quantitative estimate of drug-likeness (QED) is 0.478. The monoisotopic (exact) mass is 339 g/mol. The van der Waals surface area contributed by atoms with Crippen molar-refractivity contribution in [2.45, 2.75) is 13.8 Å². The Labute approximate surface area is 154 Å². The summed E-state index contributed by atoms with van der Waals surface area (Å²) in [5.41, 5.74) is 8.59. The van der Waals surface area contributed by atoms with Crippen LogP contribution in [0.3, 0.4) is 0 Å². The first-order chi connectivity index (χ1) is 12.7. The molecule has 0 aliphatic carbocycles. The van der Waals surface area contributed by atoms with Crippen molar-refractivity contribution in [2.24, 2.45) is 7.05 Å². The average molecular weight is 339 g/mol. The Hall–Kier alpha value is -3.13. The van der Waals surface area contributed by atoms with Crippen LogP contribution in [0.15, 0.2) is 78.9 Å². The molecule has 0 aliphatic heterocycles. The van der Waals surface area contributed by atoms with Gasteiger partial charge in [-0.2, -0.15) is 0 Å². The van der Waals surface area contributed by atoms with Gasteiger partial charge in [0.25, 0.3) is 5.82 Å². The topological polar surface area (TPSA) is 19.7 Å². The minimum atomic E-state index is 1.14. The van der Waals surface area contributed by atoms with Crippen LogP contribution in [-0.2, 0) is 7.05 Å². The lowest BCUT2D eigenvalue weighted by Crippen LogP contribution is -2.31. The minimum absolute atomic E-state index is 1.14. The van der Waals surface area contributed by atoms with Crippen molar-refractivity contribution >= 4 is 0 Å². The smallest absolute Gasteiger partial charge is 0.236 e. The molecule has 2 nitrogen and oxygen atoms in total. The molecule has 4 rings (SSSR count). The van der Waals surface area contributed by atoms with E-state index in [2.05, 4.69) is 109 Å². The number of hydrogen-bond donors (Lipinski definition) is 1. The highest BCUT2D eigenvalue weighted by atomic mass is 15.1. The number of benzene rings is 3. The number of H-pyrrole nitrogens is 1. The number of nitrogens with zero attached hydrogens (tertiary/aromatic N) is 1. The molecule has 0 amide bonds. The molecule has 128 valence electrons. The summed E-state index contributed by atoms with van der Waals surface area (Å²) in [4.78, 5) is 3.73. The molecule has 0 spiro atoms. The second-order valence-electron chi connectivity index (χ2n) is 6.76. The summed E-state index contributed by atoms with van der Waals surface area (Å²) in [6.45, 7) is 4.35. The summed E-state index contributed by atoms with van der Waals surface area (Å²) in [5, 5.41) is 0. The van der Waals surface area contributed by atoms with Crippen molar-refractivity contribution in [3.05, 3.63) is 90.0 Å². The maximum absolute atomic E-state index is 3.73. The van der Waals surface area contributed by atoms with Gasteiger partial charge in [-0.25, -0.2) is 9.55 Å². The molecular weight excluding hydrogens is 316 g/mol. The molecule has 0 unspecified atom stereocenters. The number of imidazole rings is 1. The molecule has 0 saturated carbocycles. The highest BCUT2D eigenvalue weighted by molar-refractivity contribution is 5.78. The van der Waals surface area contributed by atoms with Gasteiger partial charge in [-0.15, -0.1) is 0 Å². The van der Waals surface area contributed by atoms with Crippen LogP contribution in [0, 0.1) is 13.8 Å². The van der Waals surface area contributed by atoms with E-state index >= 15 is 0 Å². The Balaban J connectivity index is 2.03. The molecule has 0 saturated heterocycles.